The van der Waals surface area contributed by atoms with Crippen molar-refractivity contribution in [3.05, 3.63) is 61.9 Å². The quantitative estimate of drug-likeness (QED) is 0.211. The first-order chi connectivity index (χ1) is 22.6. The smallest absolute Gasteiger partial charge is 0.532 e. The van der Waals surface area contributed by atoms with Crippen LogP contribution in [0, 0.1) is 0 Å². The van der Waals surface area contributed by atoms with Crippen molar-refractivity contribution in [3.8, 4) is 11.5 Å². The summed E-state index contributed by atoms with van der Waals surface area (Å²) < 4.78 is 32.1. The Morgan fingerprint density at radius 1 is 0.755 bits per heavy atom. The topological polar surface area (TPSA) is 104 Å². The largest absolute Gasteiger partial charge is 0.556 e. The summed E-state index contributed by atoms with van der Waals surface area (Å²) >= 11 is 6.69. The molecule has 0 aromatic heterocycles. The molecule has 0 aliphatic carbocycles. The molecule has 2 saturated heterocycles. The number of phenolic OH excluding ortho intramolecular Hbond substituents is 1. The maximum absolute atomic E-state index is 11.2. The molecule has 5 rings (SSSR count). The molecule has 2 N–H and O–H groups in total. The first-order valence-electron chi connectivity index (χ1n) is 17.2. The van der Waals surface area contributed by atoms with E-state index in [1.807, 2.05) is 19.1 Å². The third kappa shape index (κ3) is 9.45. The average molecular weight is 806 g/mol. The van der Waals surface area contributed by atoms with Crippen molar-refractivity contribution in [1.29, 1.82) is 0 Å². The number of carbonyl (C=O) groups is 1. The van der Waals surface area contributed by atoms with Gasteiger partial charge in [0.25, 0.3) is 0 Å². The van der Waals surface area contributed by atoms with Gasteiger partial charge in [-0.25, -0.2) is 0 Å². The molecule has 3 aliphatic rings. The number of Topliss-reactive ketones (excluding diaryl/α,β-unsaturated/α-hetero) is 1. The highest BCUT2D eigenvalue weighted by atomic mass is 79.9. The molecule has 0 unspecified atom stereocenters. The van der Waals surface area contributed by atoms with Crippen LogP contribution in [0.25, 0.3) is 5.57 Å². The highest BCUT2D eigenvalue weighted by Crippen LogP contribution is 2.46. The molecule has 0 amide bonds. The Labute approximate surface area is 311 Å². The minimum atomic E-state index is -0.784. The molecule has 0 atom stereocenters. The van der Waals surface area contributed by atoms with Gasteiger partial charge in [0.1, 0.15) is 11.5 Å². The van der Waals surface area contributed by atoms with E-state index in [9.17, 15) is 14.9 Å². The van der Waals surface area contributed by atoms with Crippen molar-refractivity contribution in [2.45, 2.75) is 137 Å². The number of allylic oxidation sites excluding steroid dienone is 2. The van der Waals surface area contributed by atoms with E-state index in [0.29, 0.717) is 12.0 Å². The standard InChI is InChI=1S/C15H30B2O4.C12H14BBrO2.C9H9BrO2/c1-10-11(16-18-12(2,3)13(4,5)19-16)17-20-14(6,7)15(8,9)21-17;1-3-9-10-7-8(14)5-6-12(10)16-13(15)11(9)4-2;1-2-8(11)7-5-6(10)3-4-9(7)12/h11H,10H2,1-9H3;5-7,15H,3-4H2,1-2H3;3-5,12H,2H2,1H3. The maximum atomic E-state index is 11.2. The molecular formula is C36H53B3Br2O8. The Hall–Kier alpha value is -1.60. The predicted octanol–water partition coefficient (Wildman–Crippen LogP) is 9.67. The summed E-state index contributed by atoms with van der Waals surface area (Å²) in [5.74, 6) is 0.767. The van der Waals surface area contributed by atoms with Crippen LogP contribution in [0.3, 0.4) is 0 Å². The zero-order valence-corrected chi connectivity index (χ0v) is 34.4. The van der Waals surface area contributed by atoms with Crippen molar-refractivity contribution < 1.29 is 38.2 Å². The lowest BCUT2D eigenvalue weighted by Gasteiger charge is -2.32. The van der Waals surface area contributed by atoms with E-state index in [-0.39, 0.29) is 53.9 Å². The van der Waals surface area contributed by atoms with E-state index >= 15 is 0 Å². The number of ketones is 1. The summed E-state index contributed by atoms with van der Waals surface area (Å²) in [6.07, 6.45) is 3.01. The number of aromatic hydroxyl groups is 1. The molecule has 49 heavy (non-hydrogen) atoms. The van der Waals surface area contributed by atoms with E-state index in [1.165, 1.54) is 11.6 Å². The monoisotopic (exact) mass is 804 g/mol. The molecule has 3 aliphatic heterocycles. The minimum absolute atomic E-state index is 0.0463. The number of fused-ring (bicyclic) bond motifs is 1. The van der Waals surface area contributed by atoms with Gasteiger partial charge in [-0.15, -0.1) is 0 Å². The van der Waals surface area contributed by atoms with Crippen molar-refractivity contribution in [3.63, 3.8) is 0 Å². The molecule has 0 saturated carbocycles. The van der Waals surface area contributed by atoms with Gasteiger partial charge in [-0.3, -0.25) is 4.79 Å². The van der Waals surface area contributed by atoms with E-state index < -0.39 is 7.12 Å². The molecule has 0 spiro atoms. The average Bonchev–Trinajstić information content (AvgIpc) is 3.37. The second-order valence-electron chi connectivity index (χ2n) is 14.6. The fraction of sp³-hybridized carbons (Fsp3) is 0.583. The number of hydrogen-bond acceptors (Lipinski definition) is 8. The molecule has 2 aromatic rings. The van der Waals surface area contributed by atoms with Crippen molar-refractivity contribution in [2.24, 2.45) is 0 Å². The van der Waals surface area contributed by atoms with Gasteiger partial charge < -0.3 is 33.4 Å². The molecule has 268 valence electrons. The SMILES string of the molecule is CCC(=O)c1cc(Br)ccc1O.CCC(B1OC(C)(C)C(C)(C)O1)B1OC(C)(C)C(C)(C)O1.CCC1=C(CC)c2cc(Br)ccc2OB1O. The minimum Gasteiger partial charge on any atom is -0.532 e. The summed E-state index contributed by atoms with van der Waals surface area (Å²) in [6.45, 7) is 24.6. The first-order valence-corrected chi connectivity index (χ1v) is 18.8. The van der Waals surface area contributed by atoms with E-state index in [4.69, 9.17) is 23.3 Å². The Morgan fingerprint density at radius 2 is 1.22 bits per heavy atom. The normalized spacial score (nSPS) is 19.9. The van der Waals surface area contributed by atoms with Crippen molar-refractivity contribution >= 4 is 64.6 Å². The van der Waals surface area contributed by atoms with Gasteiger partial charge >= 0.3 is 21.4 Å². The summed E-state index contributed by atoms with van der Waals surface area (Å²) in [7, 11) is -1.38. The number of hydrogen-bond donors (Lipinski definition) is 2. The third-order valence-electron chi connectivity index (χ3n) is 10.2. The highest BCUT2D eigenvalue weighted by Gasteiger charge is 2.61. The lowest BCUT2D eigenvalue weighted by molar-refractivity contribution is 0.00578. The molecular weight excluding hydrogens is 753 g/mol. The van der Waals surface area contributed by atoms with E-state index in [1.54, 1.807) is 19.1 Å². The first kappa shape index (κ1) is 41.8. The van der Waals surface area contributed by atoms with Gasteiger partial charge in [0, 0.05) is 26.6 Å². The van der Waals surface area contributed by atoms with Gasteiger partial charge in [-0.2, -0.15) is 0 Å². The lowest BCUT2D eigenvalue weighted by atomic mass is 9.50. The van der Waals surface area contributed by atoms with Crippen molar-refractivity contribution in [1.82, 2.24) is 0 Å². The number of benzene rings is 2. The number of phenols is 1. The van der Waals surface area contributed by atoms with Crippen LogP contribution in [0.4, 0.5) is 0 Å². The Balaban J connectivity index is 0.000000207. The van der Waals surface area contributed by atoms with Crippen molar-refractivity contribution in [2.75, 3.05) is 0 Å². The van der Waals surface area contributed by atoms with Gasteiger partial charge in [0.05, 0.1) is 28.0 Å². The molecule has 3 heterocycles. The zero-order valence-electron chi connectivity index (χ0n) is 31.2. The lowest BCUT2D eigenvalue weighted by Crippen LogP contribution is -2.41. The second kappa shape index (κ2) is 16.4. The Kier molecular flexibility index (Phi) is 14.0. The van der Waals surface area contributed by atoms with Crippen LogP contribution in [-0.4, -0.2) is 59.7 Å². The van der Waals surface area contributed by atoms with Gasteiger partial charge in [-0.05, 0) is 116 Å². The molecule has 2 aromatic carbocycles. The number of carbonyl (C=O) groups excluding carboxylic acids is 1. The summed E-state index contributed by atoms with van der Waals surface area (Å²) in [4.78, 5) is 11.2. The van der Waals surface area contributed by atoms with Crippen LogP contribution >= 0.6 is 31.9 Å². The Bertz CT molecular complexity index is 1440. The number of rotatable bonds is 7. The molecule has 0 radical (unpaired) electrons. The molecule has 8 nitrogen and oxygen atoms in total. The number of halogens is 2. The van der Waals surface area contributed by atoms with Crippen LogP contribution in [0.2, 0.25) is 5.72 Å². The third-order valence-corrected chi connectivity index (χ3v) is 11.2. The van der Waals surface area contributed by atoms with E-state index in [2.05, 4.69) is 107 Å². The molecule has 2 fully saturated rings. The van der Waals surface area contributed by atoms with Crippen LogP contribution in [0.1, 0.15) is 125 Å². The fourth-order valence-corrected chi connectivity index (χ4v) is 6.44. The highest BCUT2D eigenvalue weighted by molar-refractivity contribution is 9.10. The molecule has 0 bridgehead atoms. The summed E-state index contributed by atoms with van der Waals surface area (Å²) in [6, 6.07) is 10.7. The maximum Gasteiger partial charge on any atom is 0.556 e. The van der Waals surface area contributed by atoms with E-state index in [0.717, 1.165) is 45.0 Å². The van der Waals surface area contributed by atoms with Gasteiger partial charge in [-0.1, -0.05) is 66.0 Å². The fourth-order valence-electron chi connectivity index (χ4n) is 5.72. The Morgan fingerprint density at radius 3 is 1.65 bits per heavy atom. The van der Waals surface area contributed by atoms with Crippen LogP contribution in [0.15, 0.2) is 50.8 Å². The summed E-state index contributed by atoms with van der Waals surface area (Å²) in [5, 5.41) is 19.2. The second-order valence-corrected chi connectivity index (χ2v) is 16.4. The van der Waals surface area contributed by atoms with Crippen LogP contribution in [0.5, 0.6) is 11.5 Å². The summed E-state index contributed by atoms with van der Waals surface area (Å²) in [5.41, 5.74) is 2.44. The van der Waals surface area contributed by atoms with Crippen LogP contribution in [-0.2, 0) is 18.6 Å². The predicted molar refractivity (Wildman–Crippen MR) is 207 cm³/mol. The van der Waals surface area contributed by atoms with Crippen LogP contribution < -0.4 is 4.65 Å². The molecule has 13 heteroatoms. The van der Waals surface area contributed by atoms with Gasteiger partial charge in [0.15, 0.2) is 5.78 Å². The van der Waals surface area contributed by atoms with Gasteiger partial charge in [0.2, 0.25) is 0 Å². The zero-order chi connectivity index (χ0) is 37.1.